The zero-order valence-electron chi connectivity index (χ0n) is 11.1. The van der Waals surface area contributed by atoms with Gasteiger partial charge in [0.25, 0.3) is 0 Å². The van der Waals surface area contributed by atoms with Crippen LogP contribution in [-0.4, -0.2) is 45.5 Å². The Hall–Kier alpha value is -0.620. The van der Waals surface area contributed by atoms with E-state index in [2.05, 4.69) is 10.6 Å². The highest BCUT2D eigenvalue weighted by Gasteiger charge is 2.15. The summed E-state index contributed by atoms with van der Waals surface area (Å²) in [5, 5.41) is 5.98. The molecule has 106 valence electrons. The van der Waals surface area contributed by atoms with Crippen molar-refractivity contribution >= 4 is 15.7 Å². The van der Waals surface area contributed by atoms with Gasteiger partial charge in [0.05, 0.1) is 12.3 Å². The summed E-state index contributed by atoms with van der Waals surface area (Å²) in [5.41, 5.74) is 0. The van der Waals surface area contributed by atoms with Crippen molar-refractivity contribution in [2.45, 2.75) is 44.6 Å². The van der Waals surface area contributed by atoms with E-state index < -0.39 is 9.84 Å². The molecule has 5 nitrogen and oxygen atoms in total. The second kappa shape index (κ2) is 7.74. The van der Waals surface area contributed by atoms with Crippen LogP contribution in [0.1, 0.15) is 38.5 Å². The summed E-state index contributed by atoms with van der Waals surface area (Å²) in [6, 6.07) is 0.337. The van der Waals surface area contributed by atoms with E-state index in [1.807, 2.05) is 0 Å². The van der Waals surface area contributed by atoms with Crippen molar-refractivity contribution in [3.63, 3.8) is 0 Å². The molecule has 2 N–H and O–H groups in total. The van der Waals surface area contributed by atoms with Gasteiger partial charge in [-0.2, -0.15) is 0 Å². The number of hydrogen-bond donors (Lipinski definition) is 2. The van der Waals surface area contributed by atoms with Crippen LogP contribution < -0.4 is 10.6 Å². The normalized spacial score (nSPS) is 17.6. The highest BCUT2D eigenvalue weighted by atomic mass is 32.2. The fraction of sp³-hybridized carbons (Fsp3) is 0.917. The van der Waals surface area contributed by atoms with Gasteiger partial charge in [0, 0.05) is 12.3 Å². The minimum absolute atomic E-state index is 0.0151. The Morgan fingerprint density at radius 3 is 2.50 bits per heavy atom. The van der Waals surface area contributed by atoms with Crippen LogP contribution in [0.25, 0.3) is 0 Å². The van der Waals surface area contributed by atoms with Gasteiger partial charge < -0.3 is 10.6 Å². The number of hydrogen-bond acceptors (Lipinski definition) is 4. The molecule has 0 atom stereocenters. The van der Waals surface area contributed by atoms with Crippen LogP contribution in [0.5, 0.6) is 0 Å². The first-order chi connectivity index (χ1) is 8.47. The number of sulfone groups is 1. The molecule has 6 heteroatoms. The molecule has 1 fully saturated rings. The van der Waals surface area contributed by atoms with Crippen LogP contribution in [0.2, 0.25) is 0 Å². The highest BCUT2D eigenvalue weighted by Crippen LogP contribution is 2.16. The number of carbonyl (C=O) groups is 1. The van der Waals surface area contributed by atoms with Crippen LogP contribution in [-0.2, 0) is 14.6 Å². The first-order valence-electron chi connectivity index (χ1n) is 6.65. The van der Waals surface area contributed by atoms with Gasteiger partial charge in [-0.05, 0) is 25.8 Å². The van der Waals surface area contributed by atoms with E-state index in [4.69, 9.17) is 0 Å². The lowest BCUT2D eigenvalue weighted by Crippen LogP contribution is -2.41. The van der Waals surface area contributed by atoms with Gasteiger partial charge in [-0.15, -0.1) is 0 Å². The Labute approximate surface area is 110 Å². The van der Waals surface area contributed by atoms with Crippen LogP contribution in [0, 0.1) is 0 Å². The van der Waals surface area contributed by atoms with Gasteiger partial charge in [0.2, 0.25) is 5.91 Å². The van der Waals surface area contributed by atoms with E-state index in [9.17, 15) is 13.2 Å². The van der Waals surface area contributed by atoms with Crippen molar-refractivity contribution in [3.8, 4) is 0 Å². The lowest BCUT2D eigenvalue weighted by atomic mass is 9.95. The third kappa shape index (κ3) is 7.66. The summed E-state index contributed by atoms with van der Waals surface area (Å²) in [4.78, 5) is 11.6. The Kier molecular flexibility index (Phi) is 6.63. The zero-order valence-corrected chi connectivity index (χ0v) is 11.9. The molecule has 1 rings (SSSR count). The molecule has 0 radical (unpaired) electrons. The fourth-order valence-electron chi connectivity index (χ4n) is 2.19. The summed E-state index contributed by atoms with van der Waals surface area (Å²) in [5.74, 6) is 0.186. The van der Waals surface area contributed by atoms with Gasteiger partial charge in [-0.3, -0.25) is 4.79 Å². The molecule has 0 bridgehead atoms. The molecule has 1 amide bonds. The van der Waals surface area contributed by atoms with Crippen LogP contribution in [0.15, 0.2) is 0 Å². The van der Waals surface area contributed by atoms with Crippen molar-refractivity contribution in [1.82, 2.24) is 10.6 Å². The predicted octanol–water partition coefficient (Wildman–Crippen LogP) is 0.460. The monoisotopic (exact) mass is 276 g/mol. The molecule has 1 saturated carbocycles. The molecule has 1 aliphatic carbocycles. The molecule has 1 aliphatic rings. The molecule has 0 heterocycles. The second-order valence-corrected chi connectivity index (χ2v) is 7.32. The average molecular weight is 276 g/mol. The zero-order chi connectivity index (χ0) is 13.4. The predicted molar refractivity (Wildman–Crippen MR) is 72.2 cm³/mol. The maximum Gasteiger partial charge on any atom is 0.234 e. The SMILES string of the molecule is CS(=O)(=O)CCCNCC(=O)NC1CCCCC1. The van der Waals surface area contributed by atoms with Crippen molar-refractivity contribution < 1.29 is 13.2 Å². The number of nitrogens with one attached hydrogen (secondary N) is 2. The van der Waals surface area contributed by atoms with E-state index in [1.54, 1.807) is 0 Å². The maximum absolute atomic E-state index is 11.6. The van der Waals surface area contributed by atoms with Gasteiger partial charge >= 0.3 is 0 Å². The summed E-state index contributed by atoms with van der Waals surface area (Å²) < 4.78 is 21.8. The Balaban J connectivity index is 2.03. The van der Waals surface area contributed by atoms with Crippen molar-refractivity contribution in [2.24, 2.45) is 0 Å². The van der Waals surface area contributed by atoms with Gasteiger partial charge in [-0.25, -0.2) is 8.42 Å². The number of rotatable bonds is 7. The van der Waals surface area contributed by atoms with E-state index >= 15 is 0 Å². The fourth-order valence-corrected chi connectivity index (χ4v) is 2.86. The topological polar surface area (TPSA) is 75.3 Å². The Bertz CT molecular complexity index is 348. The molecule has 0 aromatic heterocycles. The van der Waals surface area contributed by atoms with E-state index in [-0.39, 0.29) is 18.2 Å². The largest absolute Gasteiger partial charge is 0.352 e. The Morgan fingerprint density at radius 1 is 1.22 bits per heavy atom. The maximum atomic E-state index is 11.6. The quantitative estimate of drug-likeness (QED) is 0.662. The lowest BCUT2D eigenvalue weighted by molar-refractivity contribution is -0.121. The summed E-state index contributed by atoms with van der Waals surface area (Å²) in [6.45, 7) is 0.839. The average Bonchev–Trinajstić information content (AvgIpc) is 2.28. The van der Waals surface area contributed by atoms with Crippen LogP contribution in [0.3, 0.4) is 0 Å². The summed E-state index contributed by atoms with van der Waals surface area (Å²) in [7, 11) is -2.89. The van der Waals surface area contributed by atoms with Crippen molar-refractivity contribution in [2.75, 3.05) is 25.1 Å². The molecule has 0 aromatic carbocycles. The number of carbonyl (C=O) groups excluding carboxylic acids is 1. The van der Waals surface area contributed by atoms with Gasteiger partial charge in [0.15, 0.2) is 0 Å². The third-order valence-corrected chi connectivity index (χ3v) is 4.15. The van der Waals surface area contributed by atoms with Crippen molar-refractivity contribution in [3.05, 3.63) is 0 Å². The van der Waals surface area contributed by atoms with E-state index in [0.29, 0.717) is 19.0 Å². The molecule has 0 aromatic rings. The molecule has 0 aliphatic heterocycles. The second-order valence-electron chi connectivity index (χ2n) is 5.06. The van der Waals surface area contributed by atoms with Crippen LogP contribution in [0.4, 0.5) is 0 Å². The standard InChI is InChI=1S/C12H24N2O3S/c1-18(16,17)9-5-8-13-10-12(15)14-11-6-3-2-4-7-11/h11,13H,2-10H2,1H3,(H,14,15). The minimum Gasteiger partial charge on any atom is -0.352 e. The Morgan fingerprint density at radius 2 is 1.89 bits per heavy atom. The molecular formula is C12H24N2O3S. The molecule has 0 unspecified atom stereocenters. The molecular weight excluding hydrogens is 252 g/mol. The first kappa shape index (κ1) is 15.4. The van der Waals surface area contributed by atoms with Gasteiger partial charge in [0.1, 0.15) is 9.84 Å². The van der Waals surface area contributed by atoms with E-state index in [0.717, 1.165) is 12.8 Å². The van der Waals surface area contributed by atoms with Crippen molar-refractivity contribution in [1.29, 1.82) is 0 Å². The summed E-state index contributed by atoms with van der Waals surface area (Å²) >= 11 is 0. The molecule has 0 saturated heterocycles. The summed E-state index contributed by atoms with van der Waals surface area (Å²) in [6.07, 6.45) is 7.62. The van der Waals surface area contributed by atoms with Crippen LogP contribution >= 0.6 is 0 Å². The smallest absolute Gasteiger partial charge is 0.234 e. The first-order valence-corrected chi connectivity index (χ1v) is 8.71. The highest BCUT2D eigenvalue weighted by molar-refractivity contribution is 7.90. The lowest BCUT2D eigenvalue weighted by Gasteiger charge is -2.22. The molecule has 0 spiro atoms. The molecule has 18 heavy (non-hydrogen) atoms. The van der Waals surface area contributed by atoms with E-state index in [1.165, 1.54) is 25.5 Å². The number of amides is 1. The van der Waals surface area contributed by atoms with Gasteiger partial charge in [-0.1, -0.05) is 19.3 Å². The minimum atomic E-state index is -2.89. The third-order valence-electron chi connectivity index (χ3n) is 3.12.